The molecule has 1 N–H and O–H groups in total. The standard InChI is InChI=1S/C11H14ClNO2/c1-6-5-7(11(2,3)4)8(10(14)15)9(12)13-6/h5H,1-4H3,(H,14,15). The molecule has 0 fully saturated rings. The number of aryl methyl sites for hydroxylation is 1. The van der Waals surface area contributed by atoms with E-state index in [1.165, 1.54) is 0 Å². The Morgan fingerprint density at radius 2 is 2.00 bits per heavy atom. The van der Waals surface area contributed by atoms with Crippen LogP contribution in [-0.2, 0) is 5.41 Å². The molecule has 4 heteroatoms. The third kappa shape index (κ3) is 2.48. The molecule has 1 rings (SSSR count). The van der Waals surface area contributed by atoms with E-state index in [9.17, 15) is 4.79 Å². The number of aromatic nitrogens is 1. The van der Waals surface area contributed by atoms with Gasteiger partial charge in [0.25, 0.3) is 0 Å². The molecule has 0 saturated carbocycles. The van der Waals surface area contributed by atoms with E-state index in [4.69, 9.17) is 16.7 Å². The van der Waals surface area contributed by atoms with Crippen molar-refractivity contribution in [1.29, 1.82) is 0 Å². The first-order chi connectivity index (χ1) is 6.73. The highest BCUT2D eigenvalue weighted by Crippen LogP contribution is 2.30. The van der Waals surface area contributed by atoms with Crippen LogP contribution in [0.5, 0.6) is 0 Å². The van der Waals surface area contributed by atoms with Crippen LogP contribution < -0.4 is 0 Å². The maximum Gasteiger partial charge on any atom is 0.339 e. The Balaban J connectivity index is 3.54. The highest BCUT2D eigenvalue weighted by Gasteiger charge is 2.25. The van der Waals surface area contributed by atoms with Crippen molar-refractivity contribution in [1.82, 2.24) is 4.98 Å². The topological polar surface area (TPSA) is 50.2 Å². The molecule has 0 amide bonds. The first kappa shape index (κ1) is 12.0. The Morgan fingerprint density at radius 1 is 1.47 bits per heavy atom. The summed E-state index contributed by atoms with van der Waals surface area (Å²) in [6.45, 7) is 7.65. The van der Waals surface area contributed by atoms with Gasteiger partial charge in [-0.05, 0) is 24.0 Å². The summed E-state index contributed by atoms with van der Waals surface area (Å²) in [5.41, 5.74) is 1.29. The van der Waals surface area contributed by atoms with E-state index in [0.29, 0.717) is 5.56 Å². The van der Waals surface area contributed by atoms with Crippen molar-refractivity contribution in [2.75, 3.05) is 0 Å². The van der Waals surface area contributed by atoms with Crippen LogP contribution in [0.2, 0.25) is 5.15 Å². The smallest absolute Gasteiger partial charge is 0.339 e. The van der Waals surface area contributed by atoms with E-state index >= 15 is 0 Å². The van der Waals surface area contributed by atoms with Crippen LogP contribution in [0.4, 0.5) is 0 Å². The Labute approximate surface area is 94.1 Å². The lowest BCUT2D eigenvalue weighted by Crippen LogP contribution is -2.18. The van der Waals surface area contributed by atoms with Crippen molar-refractivity contribution in [3.63, 3.8) is 0 Å². The minimum atomic E-state index is -1.03. The van der Waals surface area contributed by atoms with Gasteiger partial charge < -0.3 is 5.11 Å². The van der Waals surface area contributed by atoms with Gasteiger partial charge in [-0.1, -0.05) is 32.4 Å². The number of rotatable bonds is 1. The fourth-order valence-corrected chi connectivity index (χ4v) is 1.75. The molecule has 0 aliphatic heterocycles. The van der Waals surface area contributed by atoms with E-state index in [2.05, 4.69) is 4.98 Å². The Hall–Kier alpha value is -1.09. The fourth-order valence-electron chi connectivity index (χ4n) is 1.43. The summed E-state index contributed by atoms with van der Waals surface area (Å²) >= 11 is 5.84. The number of hydrogen-bond donors (Lipinski definition) is 1. The maximum atomic E-state index is 11.1. The molecule has 0 unspecified atom stereocenters. The summed E-state index contributed by atoms with van der Waals surface area (Å²) in [5.74, 6) is -1.03. The normalized spacial score (nSPS) is 11.5. The van der Waals surface area contributed by atoms with Crippen LogP contribution in [0.1, 0.15) is 42.4 Å². The van der Waals surface area contributed by atoms with Crippen LogP contribution in [-0.4, -0.2) is 16.1 Å². The second-order valence-corrected chi connectivity index (χ2v) is 4.89. The molecule has 3 nitrogen and oxygen atoms in total. The quantitative estimate of drug-likeness (QED) is 0.751. The second kappa shape index (κ2) is 3.81. The fraction of sp³-hybridized carbons (Fsp3) is 0.455. The van der Waals surface area contributed by atoms with Crippen LogP contribution in [0, 0.1) is 6.92 Å². The summed E-state index contributed by atoms with van der Waals surface area (Å²) in [6, 6.07) is 1.77. The van der Waals surface area contributed by atoms with Gasteiger partial charge in [0.05, 0.1) is 0 Å². The van der Waals surface area contributed by atoms with E-state index in [0.717, 1.165) is 5.69 Å². The predicted octanol–water partition coefficient (Wildman–Crippen LogP) is 3.04. The van der Waals surface area contributed by atoms with Gasteiger partial charge in [-0.3, -0.25) is 0 Å². The van der Waals surface area contributed by atoms with Crippen LogP contribution in [0.25, 0.3) is 0 Å². The van der Waals surface area contributed by atoms with Crippen molar-refractivity contribution in [2.24, 2.45) is 0 Å². The lowest BCUT2D eigenvalue weighted by atomic mass is 9.84. The average Bonchev–Trinajstić information content (AvgIpc) is 1.99. The summed E-state index contributed by atoms with van der Waals surface area (Å²) in [6.07, 6.45) is 0. The summed E-state index contributed by atoms with van der Waals surface area (Å²) in [4.78, 5) is 15.0. The molecule has 0 spiro atoms. The number of nitrogens with zero attached hydrogens (tertiary/aromatic N) is 1. The maximum absolute atomic E-state index is 11.1. The Bertz CT molecular complexity index is 408. The Kier molecular flexibility index (Phi) is 3.05. The van der Waals surface area contributed by atoms with Gasteiger partial charge in [-0.2, -0.15) is 0 Å². The van der Waals surface area contributed by atoms with Crippen molar-refractivity contribution in [3.05, 3.63) is 28.0 Å². The third-order valence-corrected chi connectivity index (χ3v) is 2.40. The summed E-state index contributed by atoms with van der Waals surface area (Å²) in [7, 11) is 0. The zero-order chi connectivity index (χ0) is 11.8. The average molecular weight is 228 g/mol. The number of hydrogen-bond acceptors (Lipinski definition) is 2. The minimum Gasteiger partial charge on any atom is -0.478 e. The van der Waals surface area contributed by atoms with Gasteiger partial charge in [0, 0.05) is 5.69 Å². The molecule has 0 radical (unpaired) electrons. The van der Waals surface area contributed by atoms with Crippen LogP contribution in [0.15, 0.2) is 6.07 Å². The van der Waals surface area contributed by atoms with Gasteiger partial charge in [0.15, 0.2) is 0 Å². The zero-order valence-electron chi connectivity index (χ0n) is 9.26. The zero-order valence-corrected chi connectivity index (χ0v) is 10.0. The minimum absolute atomic E-state index is 0.0624. The van der Waals surface area contributed by atoms with E-state index in [-0.39, 0.29) is 16.1 Å². The highest BCUT2D eigenvalue weighted by atomic mass is 35.5. The van der Waals surface area contributed by atoms with E-state index in [1.807, 2.05) is 20.8 Å². The third-order valence-electron chi connectivity index (χ3n) is 2.13. The summed E-state index contributed by atoms with van der Waals surface area (Å²) < 4.78 is 0. The van der Waals surface area contributed by atoms with E-state index < -0.39 is 5.97 Å². The lowest BCUT2D eigenvalue weighted by Gasteiger charge is -2.22. The summed E-state index contributed by atoms with van der Waals surface area (Å²) in [5, 5.41) is 9.14. The second-order valence-electron chi connectivity index (χ2n) is 4.53. The van der Waals surface area contributed by atoms with Crippen LogP contribution >= 0.6 is 11.6 Å². The van der Waals surface area contributed by atoms with Crippen molar-refractivity contribution in [3.8, 4) is 0 Å². The predicted molar refractivity (Wildman–Crippen MR) is 59.6 cm³/mol. The SMILES string of the molecule is Cc1cc(C(C)(C)C)c(C(=O)O)c(Cl)n1. The Morgan fingerprint density at radius 3 is 2.40 bits per heavy atom. The van der Waals surface area contributed by atoms with Gasteiger partial charge in [0.1, 0.15) is 10.7 Å². The first-order valence-corrected chi connectivity index (χ1v) is 5.02. The number of pyridine rings is 1. The van der Waals surface area contributed by atoms with Crippen molar-refractivity contribution in [2.45, 2.75) is 33.1 Å². The molecule has 15 heavy (non-hydrogen) atoms. The molecule has 1 heterocycles. The number of carbonyl (C=O) groups is 1. The van der Waals surface area contributed by atoms with Gasteiger partial charge in [-0.15, -0.1) is 0 Å². The largest absolute Gasteiger partial charge is 0.478 e. The monoisotopic (exact) mass is 227 g/mol. The van der Waals surface area contributed by atoms with E-state index in [1.54, 1.807) is 13.0 Å². The first-order valence-electron chi connectivity index (χ1n) is 4.64. The number of halogens is 1. The van der Waals surface area contributed by atoms with Crippen molar-refractivity contribution >= 4 is 17.6 Å². The molecule has 0 aromatic carbocycles. The lowest BCUT2D eigenvalue weighted by molar-refractivity contribution is 0.0694. The van der Waals surface area contributed by atoms with Gasteiger partial charge in [0.2, 0.25) is 0 Å². The molecule has 0 aliphatic rings. The van der Waals surface area contributed by atoms with Gasteiger partial charge in [-0.25, -0.2) is 9.78 Å². The molecular weight excluding hydrogens is 214 g/mol. The molecule has 0 bridgehead atoms. The molecule has 82 valence electrons. The van der Waals surface area contributed by atoms with Gasteiger partial charge >= 0.3 is 5.97 Å². The molecular formula is C11H14ClNO2. The molecule has 0 saturated heterocycles. The van der Waals surface area contributed by atoms with Crippen LogP contribution in [0.3, 0.4) is 0 Å². The highest BCUT2D eigenvalue weighted by molar-refractivity contribution is 6.32. The molecule has 1 aromatic rings. The number of carboxylic acids is 1. The molecule has 1 aromatic heterocycles. The number of aromatic carboxylic acids is 1. The number of carboxylic acid groups (broad SMARTS) is 1. The van der Waals surface area contributed by atoms with Crippen molar-refractivity contribution < 1.29 is 9.90 Å². The molecule has 0 atom stereocenters. The molecule has 0 aliphatic carbocycles.